The molecule has 8 rings (SSSR count). The van der Waals surface area contributed by atoms with Gasteiger partial charge in [0.2, 0.25) is 0 Å². The second-order valence-electron chi connectivity index (χ2n) is 12.1. The molecule has 0 nitrogen and oxygen atoms in total. The van der Waals surface area contributed by atoms with Gasteiger partial charge in [0.05, 0.1) is 0 Å². The molecular weight excluding hydrogens is 509 g/mol. The van der Waals surface area contributed by atoms with E-state index in [-0.39, 0.29) is 0 Å². The van der Waals surface area contributed by atoms with Crippen molar-refractivity contribution in [2.45, 2.75) is 25.9 Å². The maximum Gasteiger partial charge on any atom is 0.114 e. The Morgan fingerprint density at radius 1 is 0.390 bits per heavy atom. The second kappa shape index (κ2) is 9.29. The van der Waals surface area contributed by atoms with Crippen molar-refractivity contribution in [2.75, 3.05) is 0 Å². The molecule has 6 aromatic rings. The van der Waals surface area contributed by atoms with Crippen LogP contribution in [0.1, 0.15) is 33.4 Å². The van der Waals surface area contributed by atoms with E-state index in [1.54, 1.807) is 10.4 Å². The van der Waals surface area contributed by atoms with E-state index >= 15 is 0 Å². The van der Waals surface area contributed by atoms with Crippen LogP contribution in [0.25, 0.3) is 43.1 Å². The molecule has 0 unspecified atom stereocenters. The van der Waals surface area contributed by atoms with Crippen molar-refractivity contribution in [2.24, 2.45) is 0 Å². The normalized spacial score (nSPS) is 14.7. The first-order valence-corrected chi connectivity index (χ1v) is 17.7. The highest BCUT2D eigenvalue weighted by Gasteiger charge is 2.42. The molecule has 1 heteroatoms. The molecule has 0 bridgehead atoms. The smallest absolute Gasteiger partial charge is 0.0619 e. The Kier molecular flexibility index (Phi) is 5.52. The molecule has 0 atom stereocenters. The van der Waals surface area contributed by atoms with Crippen molar-refractivity contribution in [3.8, 4) is 0 Å². The van der Waals surface area contributed by atoms with Crippen molar-refractivity contribution in [3.63, 3.8) is 0 Å². The van der Waals surface area contributed by atoms with Crippen LogP contribution in [-0.2, 0) is 12.8 Å². The van der Waals surface area contributed by atoms with Crippen LogP contribution >= 0.6 is 0 Å². The van der Waals surface area contributed by atoms with Gasteiger partial charge < -0.3 is 0 Å². The van der Waals surface area contributed by atoms with Crippen LogP contribution in [0.3, 0.4) is 0 Å². The van der Waals surface area contributed by atoms with Crippen molar-refractivity contribution in [1.82, 2.24) is 0 Å². The molecule has 0 fully saturated rings. The third kappa shape index (κ3) is 3.73. The van der Waals surface area contributed by atoms with Gasteiger partial charge in [-0.2, -0.15) is 0 Å². The summed E-state index contributed by atoms with van der Waals surface area (Å²) < 4.78 is 0. The van der Waals surface area contributed by atoms with E-state index in [0.29, 0.717) is 0 Å². The van der Waals surface area contributed by atoms with Gasteiger partial charge in [0.25, 0.3) is 0 Å². The van der Waals surface area contributed by atoms with Gasteiger partial charge in [-0.25, -0.2) is 0 Å². The molecule has 0 saturated carbocycles. The van der Waals surface area contributed by atoms with Gasteiger partial charge in [0.1, 0.15) is 8.07 Å². The molecule has 0 heterocycles. The molecule has 0 aliphatic heterocycles. The summed E-state index contributed by atoms with van der Waals surface area (Å²) in [5, 5.41) is 8.55. The van der Waals surface area contributed by atoms with E-state index in [0.717, 1.165) is 12.8 Å². The van der Waals surface area contributed by atoms with E-state index < -0.39 is 8.07 Å². The van der Waals surface area contributed by atoms with Crippen molar-refractivity contribution in [3.05, 3.63) is 167 Å². The molecule has 0 saturated heterocycles. The topological polar surface area (TPSA) is 0 Å². The zero-order chi connectivity index (χ0) is 27.6. The highest BCUT2D eigenvalue weighted by Crippen LogP contribution is 2.53. The van der Waals surface area contributed by atoms with E-state index in [2.05, 4.69) is 147 Å². The Labute approximate surface area is 243 Å². The summed E-state index contributed by atoms with van der Waals surface area (Å²) in [6.07, 6.45) is 1.99. The fourth-order valence-corrected chi connectivity index (χ4v) is 11.7. The quantitative estimate of drug-likeness (QED) is 0.195. The Balaban J connectivity index is 1.45. The second-order valence-corrected chi connectivity index (χ2v) is 16.3. The molecule has 0 radical (unpaired) electrons. The zero-order valence-electron chi connectivity index (χ0n) is 23.6. The summed E-state index contributed by atoms with van der Waals surface area (Å²) in [4.78, 5) is 0. The molecule has 2 aliphatic carbocycles. The maximum atomic E-state index is 2.61. The van der Waals surface area contributed by atoms with Crippen LogP contribution in [0.4, 0.5) is 0 Å². The van der Waals surface area contributed by atoms with Gasteiger partial charge in [0.15, 0.2) is 0 Å². The van der Waals surface area contributed by atoms with Crippen molar-refractivity contribution >= 4 is 51.2 Å². The lowest BCUT2D eigenvalue weighted by molar-refractivity contribution is 1.32. The predicted molar refractivity (Wildman–Crippen MR) is 179 cm³/mol. The van der Waals surface area contributed by atoms with Crippen molar-refractivity contribution in [1.29, 1.82) is 0 Å². The SMILES string of the molecule is C[Si](C)(C1=C(c2cccc3ccccc23)Cc2ccccc21)C1=C(c2cccc3ccccc23)Cc2ccccc21. The molecule has 196 valence electrons. The third-order valence-corrected chi connectivity index (χ3v) is 13.0. The molecule has 0 N–H and O–H groups in total. The molecule has 2 aliphatic rings. The van der Waals surface area contributed by atoms with Gasteiger partial charge in [-0.15, -0.1) is 0 Å². The summed E-state index contributed by atoms with van der Waals surface area (Å²) in [6, 6.07) is 49.8. The molecule has 0 amide bonds. The Hall–Kier alpha value is -4.46. The minimum atomic E-state index is -2.25. The van der Waals surface area contributed by atoms with Gasteiger partial charge in [0, 0.05) is 0 Å². The number of benzene rings is 6. The Morgan fingerprint density at radius 2 is 0.756 bits per heavy atom. The average molecular weight is 541 g/mol. The van der Waals surface area contributed by atoms with Crippen LogP contribution in [0, 0.1) is 0 Å². The minimum Gasteiger partial charge on any atom is -0.0619 e. The number of hydrogen-bond acceptors (Lipinski definition) is 0. The lowest BCUT2D eigenvalue weighted by Crippen LogP contribution is -2.31. The molecule has 0 aromatic heterocycles. The van der Waals surface area contributed by atoms with Gasteiger partial charge >= 0.3 is 0 Å². The minimum absolute atomic E-state index is 0.995. The summed E-state index contributed by atoms with van der Waals surface area (Å²) >= 11 is 0. The highest BCUT2D eigenvalue weighted by atomic mass is 28.3. The summed E-state index contributed by atoms with van der Waals surface area (Å²) in [5.41, 5.74) is 11.7. The number of allylic oxidation sites excluding steroid dienone is 2. The maximum absolute atomic E-state index is 2.61. The van der Waals surface area contributed by atoms with Gasteiger partial charge in [-0.05, 0) is 89.3 Å². The van der Waals surface area contributed by atoms with Crippen molar-refractivity contribution < 1.29 is 0 Å². The molecular formula is C40H32Si. The fourth-order valence-electron chi connectivity index (χ4n) is 7.71. The first kappa shape index (κ1) is 24.3. The average Bonchev–Trinajstić information content (AvgIpc) is 3.60. The highest BCUT2D eigenvalue weighted by molar-refractivity contribution is 7.10. The van der Waals surface area contributed by atoms with E-state index in [9.17, 15) is 0 Å². The van der Waals surface area contributed by atoms with Crippen LogP contribution in [0.15, 0.2) is 133 Å². The number of rotatable bonds is 4. The van der Waals surface area contributed by atoms with Crippen LogP contribution in [-0.4, -0.2) is 8.07 Å². The summed E-state index contributed by atoms with van der Waals surface area (Å²) in [5.74, 6) is 0. The van der Waals surface area contributed by atoms with Crippen LogP contribution in [0.2, 0.25) is 13.1 Å². The first-order valence-electron chi connectivity index (χ1n) is 14.7. The Bertz CT molecular complexity index is 1910. The van der Waals surface area contributed by atoms with E-state index in [1.165, 1.54) is 66.1 Å². The number of fused-ring (bicyclic) bond motifs is 4. The zero-order valence-corrected chi connectivity index (χ0v) is 24.6. The van der Waals surface area contributed by atoms with Crippen LogP contribution in [0.5, 0.6) is 0 Å². The molecule has 41 heavy (non-hydrogen) atoms. The van der Waals surface area contributed by atoms with E-state index in [1.807, 2.05) is 0 Å². The fraction of sp³-hybridized carbons (Fsp3) is 0.100. The monoisotopic (exact) mass is 540 g/mol. The summed E-state index contributed by atoms with van der Waals surface area (Å²) in [7, 11) is -2.25. The first-order chi connectivity index (χ1) is 20.1. The lowest BCUT2D eigenvalue weighted by Gasteiger charge is -2.31. The van der Waals surface area contributed by atoms with Gasteiger partial charge in [-0.3, -0.25) is 0 Å². The molecule has 0 spiro atoms. The Morgan fingerprint density at radius 3 is 1.24 bits per heavy atom. The third-order valence-electron chi connectivity index (χ3n) is 9.39. The predicted octanol–water partition coefficient (Wildman–Crippen LogP) is 10.4. The van der Waals surface area contributed by atoms with Crippen LogP contribution < -0.4 is 0 Å². The number of hydrogen-bond donors (Lipinski definition) is 0. The summed E-state index contributed by atoms with van der Waals surface area (Å²) in [6.45, 7) is 5.22. The largest absolute Gasteiger partial charge is 0.114 e. The van der Waals surface area contributed by atoms with Gasteiger partial charge in [-0.1, -0.05) is 147 Å². The molecule has 6 aromatic carbocycles. The standard InChI is InChI=1S/C40H32Si/c1-41(2,39-33-21-9-5-15-29(33)25-37(39)35-23-11-17-27-13-3-7-19-31(27)35)40-34-22-10-6-16-30(34)26-38(40)36-24-12-18-28-14-4-8-20-32(28)36/h3-24H,25-26H2,1-2H3. The lowest BCUT2D eigenvalue weighted by atomic mass is 9.97. The van der Waals surface area contributed by atoms with E-state index in [4.69, 9.17) is 0 Å².